The molecule has 2 heterocycles. The lowest BCUT2D eigenvalue weighted by Crippen LogP contribution is -2.29. The molecule has 1 fully saturated rings. The van der Waals surface area contributed by atoms with Gasteiger partial charge in [-0.25, -0.2) is 0 Å². The number of nitrogens with one attached hydrogen (secondary N) is 2. The van der Waals surface area contributed by atoms with E-state index in [1.54, 1.807) is 24.3 Å². The van der Waals surface area contributed by atoms with Gasteiger partial charge in [0.25, 0.3) is 5.56 Å². The molecule has 0 atom stereocenters. The Morgan fingerprint density at radius 2 is 2.14 bits per heavy atom. The molecule has 144 valence electrons. The zero-order valence-corrected chi connectivity index (χ0v) is 16.3. The zero-order valence-electron chi connectivity index (χ0n) is 16.3. The van der Waals surface area contributed by atoms with E-state index < -0.39 is 0 Å². The Bertz CT molecular complexity index is 1020. The molecule has 0 radical (unpaired) electrons. The summed E-state index contributed by atoms with van der Waals surface area (Å²) in [6.07, 6.45) is 6.95. The molecular formula is C23H26N4O. The summed E-state index contributed by atoms with van der Waals surface area (Å²) < 4.78 is 0. The van der Waals surface area contributed by atoms with E-state index >= 15 is 0 Å². The third kappa shape index (κ3) is 4.66. The molecule has 5 heteroatoms. The molecule has 0 amide bonds. The fraction of sp³-hybridized carbons (Fsp3) is 0.304. The molecular weight excluding hydrogens is 348 g/mol. The molecule has 0 aliphatic carbocycles. The van der Waals surface area contributed by atoms with Gasteiger partial charge in [-0.3, -0.25) is 9.69 Å². The molecule has 1 aliphatic heterocycles. The average molecular weight is 374 g/mol. The van der Waals surface area contributed by atoms with Gasteiger partial charge in [-0.15, -0.1) is 0 Å². The van der Waals surface area contributed by atoms with E-state index in [1.807, 2.05) is 12.1 Å². The van der Waals surface area contributed by atoms with Crippen molar-refractivity contribution in [3.8, 4) is 6.07 Å². The maximum Gasteiger partial charge on any atom is 0.256 e. The van der Waals surface area contributed by atoms with Gasteiger partial charge in [-0.2, -0.15) is 5.26 Å². The lowest BCUT2D eigenvalue weighted by Gasteiger charge is -2.19. The number of fused-ring (bicyclic) bond motifs is 1. The Labute approximate surface area is 165 Å². The van der Waals surface area contributed by atoms with Crippen LogP contribution in [0.3, 0.4) is 0 Å². The van der Waals surface area contributed by atoms with Gasteiger partial charge in [0.05, 0.1) is 11.6 Å². The Morgan fingerprint density at radius 3 is 2.93 bits per heavy atom. The van der Waals surface area contributed by atoms with Crippen LogP contribution in [0, 0.1) is 11.3 Å². The smallest absolute Gasteiger partial charge is 0.256 e. The van der Waals surface area contributed by atoms with Gasteiger partial charge in [0.2, 0.25) is 0 Å². The highest BCUT2D eigenvalue weighted by Gasteiger charge is 2.09. The molecule has 1 saturated heterocycles. The Hall–Kier alpha value is -2.94. The van der Waals surface area contributed by atoms with Crippen molar-refractivity contribution >= 4 is 16.3 Å². The quantitative estimate of drug-likeness (QED) is 0.789. The van der Waals surface area contributed by atoms with Crippen LogP contribution in [0.2, 0.25) is 0 Å². The number of pyridine rings is 1. The van der Waals surface area contributed by atoms with Crippen molar-refractivity contribution in [3.05, 3.63) is 76.3 Å². The monoisotopic (exact) mass is 374 g/mol. The molecule has 1 aromatic heterocycles. The molecule has 5 nitrogen and oxygen atoms in total. The van der Waals surface area contributed by atoms with E-state index in [9.17, 15) is 10.1 Å². The molecule has 0 bridgehead atoms. The van der Waals surface area contributed by atoms with Crippen molar-refractivity contribution in [3.63, 3.8) is 0 Å². The predicted octanol–water partition coefficient (Wildman–Crippen LogP) is 3.21. The summed E-state index contributed by atoms with van der Waals surface area (Å²) in [5.41, 5.74) is 3.04. The van der Waals surface area contributed by atoms with Gasteiger partial charge < -0.3 is 10.3 Å². The van der Waals surface area contributed by atoms with Crippen LogP contribution in [0.5, 0.6) is 0 Å². The standard InChI is InChI=1S/C23H26N4O/c1-3-18(9-8-17(2)16-27-12-5-10-25-11-13-27)22-14-21-19(15-24)6-4-7-20(21)23(28)26-22/h3-4,6-9,14,25H,1,5,10-13,16H2,2H3,(H,26,28)/b17-8+,18-9+. The number of nitrogens with zero attached hydrogens (tertiary/aromatic N) is 2. The maximum absolute atomic E-state index is 12.5. The summed E-state index contributed by atoms with van der Waals surface area (Å²) in [4.78, 5) is 17.8. The summed E-state index contributed by atoms with van der Waals surface area (Å²) in [5, 5.41) is 13.9. The summed E-state index contributed by atoms with van der Waals surface area (Å²) >= 11 is 0. The van der Waals surface area contributed by atoms with E-state index in [0.29, 0.717) is 22.0 Å². The lowest BCUT2D eigenvalue weighted by molar-refractivity contribution is 0.317. The summed E-state index contributed by atoms with van der Waals surface area (Å²) in [6.45, 7) is 11.2. The first kappa shape index (κ1) is 19.8. The van der Waals surface area contributed by atoms with Crippen LogP contribution in [0.25, 0.3) is 16.3 Å². The van der Waals surface area contributed by atoms with Crippen molar-refractivity contribution in [1.82, 2.24) is 15.2 Å². The fourth-order valence-electron chi connectivity index (χ4n) is 3.51. The number of benzene rings is 1. The third-order valence-electron chi connectivity index (χ3n) is 4.99. The van der Waals surface area contributed by atoms with Crippen molar-refractivity contribution < 1.29 is 0 Å². The normalized spacial score (nSPS) is 16.6. The number of nitriles is 1. The van der Waals surface area contributed by atoms with Gasteiger partial charge in [0.1, 0.15) is 0 Å². The minimum atomic E-state index is -0.199. The van der Waals surface area contributed by atoms with E-state index in [4.69, 9.17) is 0 Å². The van der Waals surface area contributed by atoms with Crippen LogP contribution in [0.1, 0.15) is 24.6 Å². The van der Waals surface area contributed by atoms with Gasteiger partial charge in [0.15, 0.2) is 0 Å². The highest BCUT2D eigenvalue weighted by atomic mass is 16.1. The molecule has 0 unspecified atom stereocenters. The van der Waals surface area contributed by atoms with Gasteiger partial charge in [0, 0.05) is 36.1 Å². The van der Waals surface area contributed by atoms with Crippen molar-refractivity contribution in [2.45, 2.75) is 13.3 Å². The highest BCUT2D eigenvalue weighted by molar-refractivity contribution is 5.90. The molecule has 3 rings (SSSR count). The maximum atomic E-state index is 12.5. The molecule has 2 aromatic rings. The van der Waals surface area contributed by atoms with E-state index in [0.717, 1.165) is 38.3 Å². The Balaban J connectivity index is 1.89. The average Bonchev–Trinajstić information content (AvgIpc) is 2.96. The number of rotatable bonds is 5. The van der Waals surface area contributed by atoms with E-state index in [-0.39, 0.29) is 5.56 Å². The topological polar surface area (TPSA) is 71.9 Å². The first-order valence-electron chi connectivity index (χ1n) is 9.62. The first-order valence-corrected chi connectivity index (χ1v) is 9.62. The first-order chi connectivity index (χ1) is 13.6. The predicted molar refractivity (Wildman–Crippen MR) is 115 cm³/mol. The minimum absolute atomic E-state index is 0.199. The number of aromatic nitrogens is 1. The van der Waals surface area contributed by atoms with Crippen LogP contribution in [-0.2, 0) is 0 Å². The van der Waals surface area contributed by atoms with Crippen LogP contribution >= 0.6 is 0 Å². The molecule has 0 saturated carbocycles. The van der Waals surface area contributed by atoms with Crippen molar-refractivity contribution in [2.75, 3.05) is 32.7 Å². The second kappa shape index (κ2) is 9.32. The molecule has 2 N–H and O–H groups in total. The number of H-pyrrole nitrogens is 1. The SMILES string of the molecule is C=C/C(=C\C=C(/C)CN1CCCNCC1)c1cc2c(C#N)cccc2c(=O)[nH]1. The number of hydrogen-bond acceptors (Lipinski definition) is 4. The number of aromatic amines is 1. The summed E-state index contributed by atoms with van der Waals surface area (Å²) in [5.74, 6) is 0. The molecule has 0 spiro atoms. The second-order valence-corrected chi connectivity index (χ2v) is 7.11. The van der Waals surface area contributed by atoms with E-state index in [2.05, 4.69) is 40.8 Å². The molecule has 1 aliphatic rings. The molecule has 1 aromatic carbocycles. The summed E-state index contributed by atoms with van der Waals surface area (Å²) in [6, 6.07) is 9.20. The lowest BCUT2D eigenvalue weighted by atomic mass is 10.0. The van der Waals surface area contributed by atoms with Crippen molar-refractivity contribution in [2.24, 2.45) is 0 Å². The minimum Gasteiger partial charge on any atom is -0.321 e. The Kier molecular flexibility index (Phi) is 6.59. The van der Waals surface area contributed by atoms with Gasteiger partial charge in [-0.05, 0) is 50.2 Å². The van der Waals surface area contributed by atoms with E-state index in [1.165, 1.54) is 12.0 Å². The van der Waals surface area contributed by atoms with Crippen LogP contribution in [0.15, 0.2) is 59.4 Å². The van der Waals surface area contributed by atoms with Crippen LogP contribution < -0.4 is 10.9 Å². The second-order valence-electron chi connectivity index (χ2n) is 7.11. The number of hydrogen-bond donors (Lipinski definition) is 2. The van der Waals surface area contributed by atoms with Crippen LogP contribution in [0.4, 0.5) is 0 Å². The van der Waals surface area contributed by atoms with Gasteiger partial charge in [-0.1, -0.05) is 36.4 Å². The highest BCUT2D eigenvalue weighted by Crippen LogP contribution is 2.20. The van der Waals surface area contributed by atoms with Gasteiger partial charge >= 0.3 is 0 Å². The summed E-state index contributed by atoms with van der Waals surface area (Å²) in [7, 11) is 0. The number of allylic oxidation sites excluding steroid dienone is 4. The van der Waals surface area contributed by atoms with Crippen LogP contribution in [-0.4, -0.2) is 42.6 Å². The molecule has 28 heavy (non-hydrogen) atoms. The fourth-order valence-corrected chi connectivity index (χ4v) is 3.51. The van der Waals surface area contributed by atoms with Crippen molar-refractivity contribution in [1.29, 1.82) is 5.26 Å². The third-order valence-corrected chi connectivity index (χ3v) is 4.99. The largest absolute Gasteiger partial charge is 0.321 e. The Morgan fingerprint density at radius 1 is 1.29 bits per heavy atom. The zero-order chi connectivity index (χ0) is 19.9.